The minimum atomic E-state index is -4.05. The van der Waals surface area contributed by atoms with E-state index in [0.717, 1.165) is 12.8 Å². The lowest BCUT2D eigenvalue weighted by atomic mass is 9.80. The Bertz CT molecular complexity index is 196. The molecule has 0 spiro atoms. The zero-order valence-corrected chi connectivity index (χ0v) is 10.1. The van der Waals surface area contributed by atoms with Crippen LogP contribution in [0.15, 0.2) is 0 Å². The number of rotatable bonds is 5. The van der Waals surface area contributed by atoms with E-state index in [1.54, 1.807) is 0 Å². The average molecular weight is 258 g/mol. The molecule has 2 atom stereocenters. The minimum Gasteiger partial charge on any atom is -0.316 e. The second-order valence-corrected chi connectivity index (χ2v) is 4.84. The van der Waals surface area contributed by atoms with Gasteiger partial charge in [-0.3, -0.25) is 0 Å². The van der Waals surface area contributed by atoms with Gasteiger partial charge in [-0.15, -0.1) is 11.6 Å². The summed E-state index contributed by atoms with van der Waals surface area (Å²) in [5.74, 6) is 1.57. The van der Waals surface area contributed by atoms with E-state index in [9.17, 15) is 13.2 Å². The van der Waals surface area contributed by atoms with Crippen LogP contribution in [-0.2, 0) is 0 Å². The summed E-state index contributed by atoms with van der Waals surface area (Å²) in [7, 11) is 0. The van der Waals surface area contributed by atoms with Gasteiger partial charge in [0, 0.05) is 12.4 Å². The molecule has 2 unspecified atom stereocenters. The summed E-state index contributed by atoms with van der Waals surface area (Å²) in [5, 5.41) is 2.90. The fraction of sp³-hybridized carbons (Fsp3) is 1.00. The lowest BCUT2D eigenvalue weighted by Crippen LogP contribution is -2.33. The number of hydrogen-bond donors (Lipinski definition) is 1. The summed E-state index contributed by atoms with van der Waals surface area (Å²) < 4.78 is 35.7. The zero-order valence-electron chi connectivity index (χ0n) is 9.32. The Hall–Kier alpha value is 0.0400. The van der Waals surface area contributed by atoms with Gasteiger partial charge in [0.2, 0.25) is 0 Å². The molecule has 1 nitrogen and oxygen atoms in total. The van der Waals surface area contributed by atoms with Crippen LogP contribution in [0.2, 0.25) is 0 Å². The van der Waals surface area contributed by atoms with Gasteiger partial charge in [0.05, 0.1) is 6.42 Å². The Balaban J connectivity index is 2.15. The van der Waals surface area contributed by atoms with E-state index in [0.29, 0.717) is 24.3 Å². The van der Waals surface area contributed by atoms with E-state index in [1.165, 1.54) is 12.8 Å². The van der Waals surface area contributed by atoms with Crippen molar-refractivity contribution in [3.63, 3.8) is 0 Å². The van der Waals surface area contributed by atoms with E-state index < -0.39 is 12.6 Å². The highest BCUT2D eigenvalue weighted by Gasteiger charge is 2.27. The predicted molar refractivity (Wildman–Crippen MR) is 59.7 cm³/mol. The quantitative estimate of drug-likeness (QED) is 0.586. The van der Waals surface area contributed by atoms with Gasteiger partial charge in [0.15, 0.2) is 0 Å². The highest BCUT2D eigenvalue weighted by molar-refractivity contribution is 6.18. The molecule has 1 N–H and O–H groups in total. The van der Waals surface area contributed by atoms with Crippen molar-refractivity contribution < 1.29 is 13.2 Å². The van der Waals surface area contributed by atoms with Gasteiger partial charge >= 0.3 is 6.18 Å². The number of hydrogen-bond acceptors (Lipinski definition) is 1. The maximum Gasteiger partial charge on any atom is 0.390 e. The summed E-state index contributed by atoms with van der Waals surface area (Å²) in [5.41, 5.74) is 0. The average Bonchev–Trinajstić information content (AvgIpc) is 2.23. The summed E-state index contributed by atoms with van der Waals surface area (Å²) in [6.07, 6.45) is -0.197. The Morgan fingerprint density at radius 2 is 1.75 bits per heavy atom. The standard InChI is InChI=1S/C11H19ClF3N/c12-7-9-3-1-2-4-10(9)8-16-6-5-11(13,14)15/h9-10,16H,1-8H2. The second-order valence-electron chi connectivity index (χ2n) is 4.53. The molecule has 0 radical (unpaired) electrons. The molecular weight excluding hydrogens is 239 g/mol. The molecule has 0 saturated heterocycles. The first kappa shape index (κ1) is 14.1. The first-order chi connectivity index (χ1) is 7.53. The first-order valence-electron chi connectivity index (χ1n) is 5.86. The molecule has 0 aromatic carbocycles. The molecule has 0 aliphatic heterocycles. The van der Waals surface area contributed by atoms with E-state index >= 15 is 0 Å². The lowest BCUT2D eigenvalue weighted by molar-refractivity contribution is -0.133. The predicted octanol–water partition coefficient (Wildman–Crippen LogP) is 3.57. The number of halogens is 4. The maximum atomic E-state index is 11.9. The molecule has 1 aliphatic carbocycles. The lowest BCUT2D eigenvalue weighted by Gasteiger charge is -2.30. The van der Waals surface area contributed by atoms with Crippen LogP contribution < -0.4 is 5.32 Å². The fourth-order valence-electron chi connectivity index (χ4n) is 2.27. The summed E-state index contributed by atoms with van der Waals surface area (Å²) >= 11 is 5.85. The van der Waals surface area contributed by atoms with Gasteiger partial charge in [-0.1, -0.05) is 12.8 Å². The smallest absolute Gasteiger partial charge is 0.316 e. The van der Waals surface area contributed by atoms with Crippen LogP contribution in [0, 0.1) is 11.8 Å². The largest absolute Gasteiger partial charge is 0.390 e. The fourth-order valence-corrected chi connectivity index (χ4v) is 2.68. The number of nitrogens with one attached hydrogen (secondary N) is 1. The van der Waals surface area contributed by atoms with Crippen molar-refractivity contribution in [2.24, 2.45) is 11.8 Å². The summed E-state index contributed by atoms with van der Waals surface area (Å²) in [4.78, 5) is 0. The summed E-state index contributed by atoms with van der Waals surface area (Å²) in [6.45, 7) is 0.697. The van der Waals surface area contributed by atoms with Crippen molar-refractivity contribution >= 4 is 11.6 Å². The third-order valence-electron chi connectivity index (χ3n) is 3.26. The third-order valence-corrected chi connectivity index (χ3v) is 3.65. The van der Waals surface area contributed by atoms with E-state index in [1.807, 2.05) is 0 Å². The van der Waals surface area contributed by atoms with E-state index in [-0.39, 0.29) is 6.54 Å². The molecule has 0 heterocycles. The van der Waals surface area contributed by atoms with Gasteiger partial charge < -0.3 is 5.32 Å². The molecule has 1 saturated carbocycles. The Kier molecular flexibility index (Phi) is 5.90. The number of alkyl halides is 4. The van der Waals surface area contributed by atoms with Gasteiger partial charge in [-0.25, -0.2) is 0 Å². The molecule has 1 rings (SSSR count). The van der Waals surface area contributed by atoms with Crippen LogP contribution in [0.4, 0.5) is 13.2 Å². The zero-order chi connectivity index (χ0) is 12.0. The molecule has 1 fully saturated rings. The molecule has 1 aliphatic rings. The van der Waals surface area contributed by atoms with Crippen molar-refractivity contribution in [3.05, 3.63) is 0 Å². The Morgan fingerprint density at radius 3 is 2.31 bits per heavy atom. The van der Waals surface area contributed by atoms with Crippen molar-refractivity contribution in [1.82, 2.24) is 5.32 Å². The topological polar surface area (TPSA) is 12.0 Å². The molecule has 0 bridgehead atoms. The molecule has 96 valence electrons. The molecular formula is C11H19ClF3N. The normalized spacial score (nSPS) is 27.0. The minimum absolute atomic E-state index is 0.0228. The van der Waals surface area contributed by atoms with Gasteiger partial charge in [-0.05, 0) is 31.2 Å². The van der Waals surface area contributed by atoms with Crippen LogP contribution in [0.3, 0.4) is 0 Å². The van der Waals surface area contributed by atoms with Crippen LogP contribution in [0.1, 0.15) is 32.1 Å². The molecule has 0 aromatic rings. The third kappa shape index (κ3) is 5.39. The van der Waals surface area contributed by atoms with Crippen molar-refractivity contribution in [2.45, 2.75) is 38.3 Å². The van der Waals surface area contributed by atoms with Crippen molar-refractivity contribution in [1.29, 1.82) is 0 Å². The molecule has 0 amide bonds. The highest BCUT2D eigenvalue weighted by Crippen LogP contribution is 2.30. The Labute approximate surface area is 99.7 Å². The Morgan fingerprint density at radius 1 is 1.12 bits per heavy atom. The van der Waals surface area contributed by atoms with Crippen molar-refractivity contribution in [3.8, 4) is 0 Å². The van der Waals surface area contributed by atoms with E-state index in [2.05, 4.69) is 5.32 Å². The second kappa shape index (κ2) is 6.70. The van der Waals surface area contributed by atoms with Crippen LogP contribution in [0.25, 0.3) is 0 Å². The molecule has 0 aromatic heterocycles. The van der Waals surface area contributed by atoms with Gasteiger partial charge in [0.25, 0.3) is 0 Å². The molecule has 16 heavy (non-hydrogen) atoms. The van der Waals surface area contributed by atoms with Gasteiger partial charge in [-0.2, -0.15) is 13.2 Å². The highest BCUT2D eigenvalue weighted by atomic mass is 35.5. The monoisotopic (exact) mass is 257 g/mol. The summed E-state index contributed by atoms with van der Waals surface area (Å²) in [6, 6.07) is 0. The van der Waals surface area contributed by atoms with Crippen LogP contribution in [-0.4, -0.2) is 25.1 Å². The van der Waals surface area contributed by atoms with E-state index in [4.69, 9.17) is 11.6 Å². The van der Waals surface area contributed by atoms with Crippen molar-refractivity contribution in [2.75, 3.05) is 19.0 Å². The first-order valence-corrected chi connectivity index (χ1v) is 6.40. The van der Waals surface area contributed by atoms with Crippen LogP contribution >= 0.6 is 11.6 Å². The SMILES string of the molecule is FC(F)(F)CCNCC1CCCCC1CCl. The van der Waals surface area contributed by atoms with Crippen LogP contribution in [0.5, 0.6) is 0 Å². The molecule has 5 heteroatoms. The maximum absolute atomic E-state index is 11.9. The van der Waals surface area contributed by atoms with Gasteiger partial charge in [0.1, 0.15) is 0 Å².